The van der Waals surface area contributed by atoms with Crippen LogP contribution in [-0.4, -0.2) is 34.9 Å². The fraction of sp³-hybridized carbons (Fsp3) is 0.0472. The van der Waals surface area contributed by atoms with Crippen LogP contribution in [0.2, 0.25) is 0 Å². The molecular weight excluding hydrogens is 2190 g/mol. The summed E-state index contributed by atoms with van der Waals surface area (Å²) in [6.07, 6.45) is 13.1. The smallest absolute Gasteiger partial charge is 0.120 e. The van der Waals surface area contributed by atoms with Gasteiger partial charge < -0.3 is 39.3 Å². The maximum absolute atomic E-state index is 6.00. The Labute approximate surface area is 755 Å². The molecule has 13 heteroatoms. The normalized spacial score (nSPS) is 10.1. The largest absolute Gasteiger partial charge is 0.501 e. The van der Waals surface area contributed by atoms with Crippen molar-refractivity contribution < 1.29 is 84.8 Å². The molecule has 0 aliphatic carbocycles. The van der Waals surface area contributed by atoms with Gasteiger partial charge in [0.1, 0.15) is 5.58 Å². The van der Waals surface area contributed by atoms with Crippen LogP contribution in [0.1, 0.15) is 27.8 Å². The molecule has 119 heavy (non-hydrogen) atoms. The summed E-state index contributed by atoms with van der Waals surface area (Å²) >= 11 is 1.81. The minimum atomic E-state index is 0. The molecule has 11 aromatic carbocycles. The molecule has 0 amide bonds. The van der Waals surface area contributed by atoms with Gasteiger partial charge in [-0.3, -0.25) is 0 Å². The SMILES string of the molecule is Cc1cc(-c2[c-]cccc2)ncc1-c1ccccc1.Cc1cc(-c2[c-]cccc2)ncc1-c1ccccc1.Cc1ccc(-c2[c-]ccc3c2oc2ccccc23)nc1.Cc1ccc(-c2[c-]cccc2)nc1.Cc1ccnc(-c2[c-]cccc2)c1.[Ir].[Ir].[Ir].[Ir].[c-]1cc2sc3ccccc3c2cc1-c1ccccn1.[c-]1ccccc1-c1ccccn1. The predicted molar refractivity (Wildman–Crippen MR) is 474 cm³/mol. The first-order chi connectivity index (χ1) is 56.6. The van der Waals surface area contributed by atoms with Crippen LogP contribution in [0.3, 0.4) is 0 Å². The van der Waals surface area contributed by atoms with E-state index in [1.807, 2.05) is 305 Å². The molecule has 20 rings (SSSR count). The molecule has 0 spiro atoms. The first-order valence-corrected chi connectivity index (χ1v) is 38.6. The summed E-state index contributed by atoms with van der Waals surface area (Å²) in [5, 5.41) is 4.84. The van der Waals surface area contributed by atoms with E-state index in [4.69, 9.17) is 4.42 Å². The summed E-state index contributed by atoms with van der Waals surface area (Å²) in [6.45, 7) is 10.4. The van der Waals surface area contributed by atoms with Crippen LogP contribution in [0.4, 0.5) is 0 Å². The monoisotopic (exact) mass is 2270 g/mol. The number of hydrogen-bond donors (Lipinski definition) is 0. The third kappa shape index (κ3) is 24.4. The number of aromatic nitrogens is 7. The Morgan fingerprint density at radius 3 is 1.14 bits per heavy atom. The number of pyridine rings is 7. The molecule has 9 aromatic heterocycles. The van der Waals surface area contributed by atoms with Crippen molar-refractivity contribution in [3.05, 3.63) is 453 Å². The summed E-state index contributed by atoms with van der Waals surface area (Å²) in [5.41, 5.74) is 26.4. The van der Waals surface area contributed by atoms with E-state index in [9.17, 15) is 0 Å². The molecule has 20 aromatic rings. The van der Waals surface area contributed by atoms with Gasteiger partial charge in [0.25, 0.3) is 0 Å². The zero-order valence-electron chi connectivity index (χ0n) is 65.7. The van der Waals surface area contributed by atoms with Crippen LogP contribution in [0.5, 0.6) is 0 Å². The molecule has 0 saturated heterocycles. The zero-order valence-corrected chi connectivity index (χ0v) is 76.1. The van der Waals surface area contributed by atoms with Gasteiger partial charge >= 0.3 is 0 Å². The van der Waals surface area contributed by atoms with Gasteiger partial charge in [0.2, 0.25) is 0 Å². The average molecular weight is 2270 g/mol. The van der Waals surface area contributed by atoms with Gasteiger partial charge in [0, 0.05) is 145 Å². The van der Waals surface area contributed by atoms with E-state index in [2.05, 4.69) is 195 Å². The average Bonchev–Trinajstić information content (AvgIpc) is 1.63. The predicted octanol–water partition coefficient (Wildman–Crippen LogP) is 27.0. The fourth-order valence-corrected chi connectivity index (χ4v) is 13.7. The van der Waals surface area contributed by atoms with Crippen molar-refractivity contribution in [1.29, 1.82) is 0 Å². The molecule has 9 heterocycles. The van der Waals surface area contributed by atoms with Gasteiger partial charge in [-0.2, -0.15) is 11.3 Å². The number of hydrogen-bond acceptors (Lipinski definition) is 9. The Kier molecular flexibility index (Phi) is 34.4. The standard InChI is InChI=1S/C18H12NO.2C18H14N.C17H10NS.2C12H10N.C11H8N.4Ir/c1-12-9-10-16(19-11-12)15-7-4-6-14-13-5-2-3-8-17(13)20-18(14)15;2*1-14-12-18(16-10-6-3-7-11-16)19-13-17(14)15-8-4-2-5-9-15;1-2-7-16-13(5-1)14-11-12(8-9-17(14)19-16)15-6-3-4-10-18-15;1-10-7-8-13-12(9-10)11-5-3-2-4-6-11;1-10-7-8-12(13-9-10)11-5-3-2-4-6-11;1-2-6-10(7-3-1)11-8-4-5-9-12-11;;;;/h2-6,8-11H,1H3;2*2-10,12-13H,1H3;1-7,9-11H;2*2-5,7-9H,1H3;1-6,8-9H;;;;/q7*-1;;;;. The molecule has 0 N–H and O–H groups in total. The number of aryl methyl sites for hydroxylation is 5. The van der Waals surface area contributed by atoms with Crippen molar-refractivity contribution in [2.75, 3.05) is 0 Å². The number of nitrogens with zero attached hydrogens (tertiary/aromatic N) is 7. The fourth-order valence-electron chi connectivity index (χ4n) is 12.7. The second-order valence-electron chi connectivity index (χ2n) is 26.9. The third-order valence-corrected chi connectivity index (χ3v) is 19.7. The van der Waals surface area contributed by atoms with Gasteiger partial charge in [0.05, 0.1) is 5.58 Å². The Balaban J connectivity index is 0.000000146. The van der Waals surface area contributed by atoms with Crippen LogP contribution in [0.25, 0.3) is 143 Å². The van der Waals surface area contributed by atoms with Gasteiger partial charge in [-0.05, 0) is 148 Å². The van der Waals surface area contributed by atoms with E-state index in [1.165, 1.54) is 64.7 Å². The zero-order chi connectivity index (χ0) is 78.8. The van der Waals surface area contributed by atoms with Gasteiger partial charge in [-0.1, -0.05) is 186 Å². The summed E-state index contributed by atoms with van der Waals surface area (Å²) in [7, 11) is 0. The molecule has 592 valence electrons. The van der Waals surface area contributed by atoms with Crippen molar-refractivity contribution >= 4 is 53.4 Å². The number of benzene rings is 11. The van der Waals surface area contributed by atoms with E-state index < -0.39 is 0 Å². The van der Waals surface area contributed by atoms with Crippen molar-refractivity contribution in [2.24, 2.45) is 0 Å². The molecule has 0 fully saturated rings. The topological polar surface area (TPSA) is 103 Å². The summed E-state index contributed by atoms with van der Waals surface area (Å²) in [6, 6.07) is 136. The minimum Gasteiger partial charge on any atom is -0.501 e. The molecule has 8 nitrogen and oxygen atoms in total. The number of thiophene rings is 1. The van der Waals surface area contributed by atoms with E-state index in [1.54, 1.807) is 6.20 Å². The Morgan fingerprint density at radius 1 is 0.261 bits per heavy atom. The molecule has 0 atom stereocenters. The van der Waals surface area contributed by atoms with E-state index in [0.29, 0.717) is 0 Å². The van der Waals surface area contributed by atoms with Gasteiger partial charge in [0.15, 0.2) is 0 Å². The number of furan rings is 1. The maximum Gasteiger partial charge on any atom is 0.120 e. The minimum absolute atomic E-state index is 0. The molecule has 0 saturated carbocycles. The molecule has 0 aliphatic heterocycles. The van der Waals surface area contributed by atoms with Gasteiger partial charge in [-0.15, -0.1) is 221 Å². The third-order valence-electron chi connectivity index (χ3n) is 18.6. The van der Waals surface area contributed by atoms with Crippen LogP contribution >= 0.6 is 11.3 Å². The number of rotatable bonds is 9. The second-order valence-corrected chi connectivity index (χ2v) is 28.0. The van der Waals surface area contributed by atoms with Crippen LogP contribution < -0.4 is 0 Å². The van der Waals surface area contributed by atoms with Crippen molar-refractivity contribution in [3.63, 3.8) is 0 Å². The number of fused-ring (bicyclic) bond motifs is 6. The summed E-state index contributed by atoms with van der Waals surface area (Å²) in [4.78, 5) is 30.8. The first-order valence-electron chi connectivity index (χ1n) is 37.8. The Hall–Kier alpha value is -11.9. The Bertz CT molecular complexity index is 6260. The summed E-state index contributed by atoms with van der Waals surface area (Å²) < 4.78 is 8.60. The van der Waals surface area contributed by atoms with Crippen LogP contribution in [0.15, 0.2) is 388 Å². The molecule has 0 unspecified atom stereocenters. The van der Waals surface area contributed by atoms with Gasteiger partial charge in [-0.25, -0.2) is 0 Å². The van der Waals surface area contributed by atoms with Crippen molar-refractivity contribution in [1.82, 2.24) is 34.9 Å². The quantitative estimate of drug-likeness (QED) is 0.132. The number of para-hydroxylation sites is 1. The molecule has 0 aliphatic rings. The van der Waals surface area contributed by atoms with Crippen LogP contribution in [0, 0.1) is 77.1 Å². The molecule has 0 bridgehead atoms. The van der Waals surface area contributed by atoms with Crippen molar-refractivity contribution in [3.8, 4) is 101 Å². The van der Waals surface area contributed by atoms with Crippen molar-refractivity contribution in [2.45, 2.75) is 34.6 Å². The molecule has 4 radical (unpaired) electrons. The van der Waals surface area contributed by atoms with E-state index in [0.717, 1.165) is 106 Å². The van der Waals surface area contributed by atoms with E-state index >= 15 is 0 Å². The first kappa shape index (κ1) is 89.4. The maximum atomic E-state index is 6.00. The Morgan fingerprint density at radius 2 is 0.681 bits per heavy atom. The second kappa shape index (κ2) is 45.7. The summed E-state index contributed by atoms with van der Waals surface area (Å²) in [5.74, 6) is 0. The molecular formula is C106H78Ir4N7OS-7. The van der Waals surface area contributed by atoms with E-state index in [-0.39, 0.29) is 80.4 Å². The van der Waals surface area contributed by atoms with Crippen LogP contribution in [-0.2, 0) is 80.4 Å².